The number of halogens is 2. The number of aromatic nitrogens is 2. The van der Waals surface area contributed by atoms with E-state index >= 15 is 0 Å². The highest BCUT2D eigenvalue weighted by Crippen LogP contribution is 2.42. The minimum atomic E-state index is -2.91. The van der Waals surface area contributed by atoms with Crippen molar-refractivity contribution in [3.05, 3.63) is 17.7 Å². The standard InChI is InChI=1S/C8H11F2N3/c1-7(9,10)6-12-4-5(13-6)8(11)2-3-8/h4H,2-3,11H2,1H3,(H,12,13). The van der Waals surface area contributed by atoms with Crippen molar-refractivity contribution in [1.29, 1.82) is 0 Å². The molecular weight excluding hydrogens is 176 g/mol. The smallest absolute Gasteiger partial charge is 0.301 e. The number of nitrogens with zero attached hydrogens (tertiary/aromatic N) is 1. The number of aromatic amines is 1. The average molecular weight is 187 g/mol. The highest BCUT2D eigenvalue weighted by Gasteiger charge is 2.42. The molecule has 1 aliphatic carbocycles. The normalized spacial score (nSPS) is 20.3. The van der Waals surface area contributed by atoms with Crippen LogP contribution < -0.4 is 5.73 Å². The van der Waals surface area contributed by atoms with Crippen LogP contribution in [0.2, 0.25) is 0 Å². The Hall–Kier alpha value is -0.970. The molecule has 72 valence electrons. The molecule has 3 N–H and O–H groups in total. The molecule has 1 aliphatic rings. The second-order valence-electron chi connectivity index (χ2n) is 3.69. The van der Waals surface area contributed by atoms with Crippen molar-refractivity contribution in [1.82, 2.24) is 9.97 Å². The molecule has 0 aromatic carbocycles. The number of nitrogens with two attached hydrogens (primary N) is 1. The number of rotatable bonds is 2. The van der Waals surface area contributed by atoms with E-state index in [-0.39, 0.29) is 5.82 Å². The Morgan fingerprint density at radius 2 is 2.23 bits per heavy atom. The lowest BCUT2D eigenvalue weighted by atomic mass is 10.2. The number of H-pyrrole nitrogens is 1. The fraction of sp³-hybridized carbons (Fsp3) is 0.625. The molecule has 0 atom stereocenters. The monoisotopic (exact) mass is 187 g/mol. The van der Waals surface area contributed by atoms with Crippen LogP contribution >= 0.6 is 0 Å². The third-order valence-electron chi connectivity index (χ3n) is 2.32. The fourth-order valence-electron chi connectivity index (χ4n) is 1.20. The zero-order valence-corrected chi connectivity index (χ0v) is 7.27. The van der Waals surface area contributed by atoms with Gasteiger partial charge in [0, 0.05) is 6.92 Å². The van der Waals surface area contributed by atoms with Gasteiger partial charge in [-0.15, -0.1) is 0 Å². The van der Waals surface area contributed by atoms with E-state index in [0.717, 1.165) is 19.8 Å². The first-order valence-electron chi connectivity index (χ1n) is 4.14. The summed E-state index contributed by atoms with van der Waals surface area (Å²) in [5, 5.41) is 0. The van der Waals surface area contributed by atoms with Crippen molar-refractivity contribution < 1.29 is 8.78 Å². The largest absolute Gasteiger partial charge is 0.339 e. The Labute approximate surface area is 74.4 Å². The Bertz CT molecular complexity index is 303. The van der Waals surface area contributed by atoms with E-state index in [1.54, 1.807) is 0 Å². The molecule has 0 saturated heterocycles. The van der Waals surface area contributed by atoms with Crippen LogP contribution in [0.1, 0.15) is 31.3 Å². The molecule has 0 unspecified atom stereocenters. The summed E-state index contributed by atoms with van der Waals surface area (Å²) in [6.45, 7) is 0.811. The van der Waals surface area contributed by atoms with Gasteiger partial charge in [-0.25, -0.2) is 4.98 Å². The summed E-state index contributed by atoms with van der Waals surface area (Å²) in [5.74, 6) is -3.22. The van der Waals surface area contributed by atoms with E-state index < -0.39 is 11.5 Å². The minimum absolute atomic E-state index is 0.306. The fourth-order valence-corrected chi connectivity index (χ4v) is 1.20. The van der Waals surface area contributed by atoms with E-state index in [0.29, 0.717) is 5.69 Å². The van der Waals surface area contributed by atoms with Crippen LogP contribution in [-0.4, -0.2) is 9.97 Å². The molecule has 3 nitrogen and oxygen atoms in total. The Morgan fingerprint density at radius 3 is 2.62 bits per heavy atom. The molecule has 1 heterocycles. The molecule has 2 rings (SSSR count). The van der Waals surface area contributed by atoms with Gasteiger partial charge in [-0.2, -0.15) is 8.78 Å². The molecule has 1 aromatic rings. The zero-order valence-electron chi connectivity index (χ0n) is 7.27. The van der Waals surface area contributed by atoms with E-state index in [9.17, 15) is 8.78 Å². The molecule has 1 fully saturated rings. The Kier molecular flexibility index (Phi) is 1.52. The van der Waals surface area contributed by atoms with Crippen molar-refractivity contribution in [2.24, 2.45) is 5.73 Å². The van der Waals surface area contributed by atoms with Gasteiger partial charge in [0.2, 0.25) is 0 Å². The predicted molar refractivity (Wildman–Crippen MR) is 43.3 cm³/mol. The van der Waals surface area contributed by atoms with Gasteiger partial charge < -0.3 is 10.7 Å². The van der Waals surface area contributed by atoms with Crippen LogP contribution in [0.25, 0.3) is 0 Å². The molecule has 1 aromatic heterocycles. The number of hydrogen-bond acceptors (Lipinski definition) is 2. The maximum atomic E-state index is 12.7. The first-order valence-corrected chi connectivity index (χ1v) is 4.14. The van der Waals surface area contributed by atoms with Gasteiger partial charge in [-0.1, -0.05) is 0 Å². The summed E-state index contributed by atoms with van der Waals surface area (Å²) in [4.78, 5) is 6.18. The number of alkyl halides is 2. The van der Waals surface area contributed by atoms with Crippen LogP contribution in [0.5, 0.6) is 0 Å². The molecule has 0 amide bonds. The third-order valence-corrected chi connectivity index (χ3v) is 2.32. The van der Waals surface area contributed by atoms with Crippen molar-refractivity contribution in [3.8, 4) is 0 Å². The van der Waals surface area contributed by atoms with Crippen molar-refractivity contribution in [3.63, 3.8) is 0 Å². The predicted octanol–water partition coefficient (Wildman–Crippen LogP) is 1.47. The van der Waals surface area contributed by atoms with Crippen LogP contribution in [0.15, 0.2) is 6.20 Å². The molecule has 0 spiro atoms. The lowest BCUT2D eigenvalue weighted by molar-refractivity contribution is 0.00844. The van der Waals surface area contributed by atoms with Gasteiger partial charge >= 0.3 is 5.92 Å². The molecule has 0 aliphatic heterocycles. The Balaban J connectivity index is 2.29. The average Bonchev–Trinajstić information content (AvgIpc) is 2.60. The number of hydrogen-bond donors (Lipinski definition) is 2. The summed E-state index contributed by atoms with van der Waals surface area (Å²) in [6, 6.07) is 0. The molecule has 13 heavy (non-hydrogen) atoms. The maximum Gasteiger partial charge on any atom is 0.301 e. The van der Waals surface area contributed by atoms with Crippen molar-refractivity contribution in [2.75, 3.05) is 0 Å². The van der Waals surface area contributed by atoms with Gasteiger partial charge in [0.1, 0.15) is 0 Å². The maximum absolute atomic E-state index is 12.7. The Morgan fingerprint density at radius 1 is 1.62 bits per heavy atom. The lowest BCUT2D eigenvalue weighted by Crippen LogP contribution is -2.19. The van der Waals surface area contributed by atoms with Crippen molar-refractivity contribution >= 4 is 0 Å². The molecule has 0 bridgehead atoms. The van der Waals surface area contributed by atoms with Crippen LogP contribution in [0.4, 0.5) is 8.78 Å². The summed E-state index contributed by atoms with van der Waals surface area (Å²) in [6.07, 6.45) is 3.08. The number of nitrogens with one attached hydrogen (secondary N) is 1. The van der Waals surface area contributed by atoms with Crippen molar-refractivity contribution in [2.45, 2.75) is 31.2 Å². The van der Waals surface area contributed by atoms with Gasteiger partial charge in [0.05, 0.1) is 17.4 Å². The topological polar surface area (TPSA) is 54.7 Å². The van der Waals surface area contributed by atoms with E-state index in [4.69, 9.17) is 5.73 Å². The summed E-state index contributed by atoms with van der Waals surface area (Å²) in [7, 11) is 0. The van der Waals surface area contributed by atoms with Gasteiger partial charge in [-0.05, 0) is 12.8 Å². The SMILES string of the molecule is CC(F)(F)c1ncc(C2(N)CC2)[nH]1. The molecule has 1 saturated carbocycles. The number of imidazole rings is 1. The lowest BCUT2D eigenvalue weighted by Gasteiger charge is -2.07. The van der Waals surface area contributed by atoms with E-state index in [1.165, 1.54) is 6.20 Å². The summed E-state index contributed by atoms with van der Waals surface area (Å²) in [5.41, 5.74) is 6.00. The molecule has 0 radical (unpaired) electrons. The van der Waals surface area contributed by atoms with Gasteiger partial charge in [0.15, 0.2) is 5.82 Å². The summed E-state index contributed by atoms with van der Waals surface area (Å²) >= 11 is 0. The second-order valence-corrected chi connectivity index (χ2v) is 3.69. The highest BCUT2D eigenvalue weighted by molar-refractivity contribution is 5.21. The van der Waals surface area contributed by atoms with Crippen LogP contribution in [0, 0.1) is 0 Å². The molecule has 5 heteroatoms. The second kappa shape index (κ2) is 2.29. The highest BCUT2D eigenvalue weighted by atomic mass is 19.3. The summed E-state index contributed by atoms with van der Waals surface area (Å²) < 4.78 is 25.5. The first-order chi connectivity index (χ1) is 5.92. The van der Waals surface area contributed by atoms with Gasteiger partial charge in [0.25, 0.3) is 0 Å². The third kappa shape index (κ3) is 1.44. The van der Waals surface area contributed by atoms with E-state index in [2.05, 4.69) is 9.97 Å². The van der Waals surface area contributed by atoms with Gasteiger partial charge in [-0.3, -0.25) is 0 Å². The quantitative estimate of drug-likeness (QED) is 0.736. The van der Waals surface area contributed by atoms with Crippen LogP contribution in [-0.2, 0) is 11.5 Å². The molecular formula is C8H11F2N3. The minimum Gasteiger partial charge on any atom is -0.339 e. The van der Waals surface area contributed by atoms with Crippen LogP contribution in [0.3, 0.4) is 0 Å². The zero-order chi connectivity index (χ0) is 9.69. The van der Waals surface area contributed by atoms with E-state index in [1.807, 2.05) is 0 Å². The first kappa shape index (κ1) is 8.62.